The minimum absolute atomic E-state index is 0. The van der Waals surface area contributed by atoms with E-state index in [1.165, 1.54) is 13.2 Å². The molecule has 2 atom stereocenters. The van der Waals surface area contributed by atoms with Crippen molar-refractivity contribution < 1.29 is 45.6 Å². The van der Waals surface area contributed by atoms with E-state index in [9.17, 15) is 9.59 Å². The Morgan fingerprint density at radius 1 is 0.943 bits per heavy atom. The number of carbonyl (C=O) groups excluding carboxylic acids is 2. The first-order valence-corrected chi connectivity index (χ1v) is 11.0. The van der Waals surface area contributed by atoms with Crippen LogP contribution in [0.2, 0.25) is 0 Å². The molecule has 35 heavy (non-hydrogen) atoms. The van der Waals surface area contributed by atoms with Crippen LogP contribution in [0.5, 0.6) is 0 Å². The molecular weight excluding hydrogens is 490 g/mol. The molecule has 7 nitrogen and oxygen atoms in total. The molecule has 1 N–H and O–H groups in total. The van der Waals surface area contributed by atoms with Gasteiger partial charge in [0.2, 0.25) is 0 Å². The number of carbonyl (C=O) groups is 2. The summed E-state index contributed by atoms with van der Waals surface area (Å²) in [5, 5.41) is 2.40. The van der Waals surface area contributed by atoms with Crippen molar-refractivity contribution in [2.24, 2.45) is 0 Å². The summed E-state index contributed by atoms with van der Waals surface area (Å²) in [6, 6.07) is 9.27. The maximum Gasteiger partial charge on any atom is 2.00 e. The molecule has 1 heterocycles. The standard InChI is InChI=1S/C17H16NO4.C10H13O2.Fe/c1-21-16(19)15(11-13-7-5-6-8-13)18-17(20)22-12-14-9-3-2-4-10-14;1-7-8(2)12-10(11-7)9-5-3-4-6-9;/h2-11H,12H2,1H3,(H,18,20);3-8,10H,1-2H3;/q;;+2/b15-11-;;. The Morgan fingerprint density at radius 2 is 1.51 bits per heavy atom. The first kappa shape index (κ1) is 29.4. The number of esters is 1. The summed E-state index contributed by atoms with van der Waals surface area (Å²) in [6.07, 6.45) is 16.4. The Morgan fingerprint density at radius 3 is 2.09 bits per heavy atom. The molecule has 1 aromatic rings. The zero-order valence-corrected chi connectivity index (χ0v) is 20.9. The number of rotatable bonds is 6. The molecule has 0 bridgehead atoms. The maximum atomic E-state index is 11.8. The summed E-state index contributed by atoms with van der Waals surface area (Å²) in [7, 11) is 1.25. The first-order valence-electron chi connectivity index (χ1n) is 11.0. The minimum Gasteiger partial charge on any atom is -0.464 e. The van der Waals surface area contributed by atoms with Gasteiger partial charge in [-0.15, -0.1) is 0 Å². The van der Waals surface area contributed by atoms with Gasteiger partial charge in [-0.1, -0.05) is 30.3 Å². The van der Waals surface area contributed by atoms with Crippen LogP contribution < -0.4 is 5.32 Å². The quantitative estimate of drug-likeness (QED) is 0.349. The zero-order chi connectivity index (χ0) is 24.3. The van der Waals surface area contributed by atoms with Crippen molar-refractivity contribution in [3.05, 3.63) is 111 Å². The maximum absolute atomic E-state index is 11.8. The molecular formula is C27H29FeNO6+2. The van der Waals surface area contributed by atoms with Crippen LogP contribution in [0.3, 0.4) is 0 Å². The van der Waals surface area contributed by atoms with Crippen molar-refractivity contribution in [3.63, 3.8) is 0 Å². The fourth-order valence-electron chi connectivity index (χ4n) is 3.12. The van der Waals surface area contributed by atoms with Crippen LogP contribution in [0.4, 0.5) is 4.79 Å². The fraction of sp³-hybridized carbons (Fsp3) is 0.259. The van der Waals surface area contributed by atoms with Gasteiger partial charge >= 0.3 is 29.1 Å². The predicted octanol–water partition coefficient (Wildman–Crippen LogP) is 3.91. The number of allylic oxidation sites excluding steroid dienone is 1. The Labute approximate surface area is 219 Å². The average Bonchev–Trinajstić information content (AvgIpc) is 3.62. The number of nitrogens with one attached hydrogen (secondary N) is 1. The summed E-state index contributed by atoms with van der Waals surface area (Å²) >= 11 is 0. The molecule has 1 saturated heterocycles. The molecule has 2 aliphatic carbocycles. The molecule has 0 spiro atoms. The van der Waals surface area contributed by atoms with E-state index in [4.69, 9.17) is 14.2 Å². The normalized spacial score (nSPS) is 24.8. The topological polar surface area (TPSA) is 83.1 Å². The van der Waals surface area contributed by atoms with Crippen LogP contribution in [-0.2, 0) is 47.4 Å². The second kappa shape index (κ2) is 15.3. The van der Waals surface area contributed by atoms with Gasteiger partial charge in [-0.25, -0.2) is 9.59 Å². The second-order valence-electron chi connectivity index (χ2n) is 7.69. The van der Waals surface area contributed by atoms with Crippen LogP contribution >= 0.6 is 0 Å². The molecule has 2 saturated carbocycles. The van der Waals surface area contributed by atoms with E-state index in [0.717, 1.165) is 17.4 Å². The van der Waals surface area contributed by atoms with E-state index >= 15 is 0 Å². The van der Waals surface area contributed by atoms with Crippen molar-refractivity contribution in [1.82, 2.24) is 5.32 Å². The molecule has 184 valence electrons. The van der Waals surface area contributed by atoms with Crippen molar-refractivity contribution in [2.75, 3.05) is 7.11 Å². The molecule has 2 unspecified atom stereocenters. The summed E-state index contributed by atoms with van der Waals surface area (Å²) < 4.78 is 20.9. The molecule has 4 rings (SSSR count). The number of methoxy groups -OCH3 is 1. The Bertz CT molecular complexity index is 795. The van der Waals surface area contributed by atoms with Crippen molar-refractivity contribution in [3.8, 4) is 0 Å². The smallest absolute Gasteiger partial charge is 0.464 e. The molecule has 3 fully saturated rings. The van der Waals surface area contributed by atoms with Gasteiger partial charge in [-0.3, -0.25) is 5.32 Å². The zero-order valence-electron chi connectivity index (χ0n) is 19.8. The minimum atomic E-state index is -0.716. The van der Waals surface area contributed by atoms with Gasteiger partial charge in [0, 0.05) is 11.8 Å². The average molecular weight is 519 g/mol. The molecule has 10 radical (unpaired) electrons. The van der Waals surface area contributed by atoms with Crippen LogP contribution in [0.25, 0.3) is 0 Å². The number of amides is 1. The third kappa shape index (κ3) is 9.60. The molecule has 0 aromatic heterocycles. The number of hydrogen-bond donors (Lipinski definition) is 1. The fourth-order valence-corrected chi connectivity index (χ4v) is 3.12. The van der Waals surface area contributed by atoms with Gasteiger partial charge in [-0.2, -0.15) is 0 Å². The number of benzene rings is 1. The van der Waals surface area contributed by atoms with E-state index in [-0.39, 0.29) is 47.9 Å². The van der Waals surface area contributed by atoms with Gasteiger partial charge in [0.05, 0.1) is 19.3 Å². The molecule has 1 aromatic carbocycles. The third-order valence-corrected chi connectivity index (χ3v) is 5.15. The number of alkyl carbamates (subject to hydrolysis) is 1. The third-order valence-electron chi connectivity index (χ3n) is 5.15. The summed E-state index contributed by atoms with van der Waals surface area (Å²) in [4.78, 5) is 23.5. The Balaban J connectivity index is 0.000000280. The van der Waals surface area contributed by atoms with Crippen LogP contribution in [0.1, 0.15) is 19.4 Å². The van der Waals surface area contributed by atoms with Gasteiger partial charge < -0.3 is 18.9 Å². The van der Waals surface area contributed by atoms with E-state index in [0.29, 0.717) is 0 Å². The largest absolute Gasteiger partial charge is 2.00 e. The van der Waals surface area contributed by atoms with E-state index in [1.54, 1.807) is 12.8 Å². The number of hydrogen-bond acceptors (Lipinski definition) is 6. The molecule has 1 amide bonds. The second-order valence-corrected chi connectivity index (χ2v) is 7.69. The Kier molecular flexibility index (Phi) is 12.8. The van der Waals surface area contributed by atoms with Crippen LogP contribution in [0, 0.1) is 63.2 Å². The predicted molar refractivity (Wildman–Crippen MR) is 126 cm³/mol. The van der Waals surface area contributed by atoms with Crippen molar-refractivity contribution in [1.29, 1.82) is 0 Å². The van der Waals surface area contributed by atoms with Gasteiger partial charge in [0.1, 0.15) is 12.3 Å². The SMILES string of the molecule is CC1OC([C]2[CH][CH][CH][CH]2)OC1C.COC(=O)/C(=C/[C]1[CH][CH][CH][CH]1)NC(=O)OCc1ccccc1.[Fe+2]. The van der Waals surface area contributed by atoms with Crippen LogP contribution in [-0.4, -0.2) is 37.7 Å². The summed E-state index contributed by atoms with van der Waals surface area (Å²) in [5.74, 6) is 1.26. The molecule has 3 aliphatic rings. The van der Waals surface area contributed by atoms with Gasteiger partial charge in [0.15, 0.2) is 6.29 Å². The number of ether oxygens (including phenoxy) is 4. The van der Waals surface area contributed by atoms with Crippen LogP contribution in [0.15, 0.2) is 42.1 Å². The summed E-state index contributed by atoms with van der Waals surface area (Å²) in [6.45, 7) is 4.19. The van der Waals surface area contributed by atoms with Gasteiger partial charge in [-0.05, 0) is 76.9 Å². The molecule has 1 aliphatic heterocycles. The Hall–Kier alpha value is -1.86. The summed E-state index contributed by atoms with van der Waals surface area (Å²) in [5.41, 5.74) is 0.879. The van der Waals surface area contributed by atoms with Crippen molar-refractivity contribution in [2.45, 2.75) is 39.0 Å². The molecule has 8 heteroatoms. The van der Waals surface area contributed by atoms with E-state index < -0.39 is 12.1 Å². The van der Waals surface area contributed by atoms with Crippen molar-refractivity contribution >= 4 is 12.1 Å². The van der Waals surface area contributed by atoms with Gasteiger partial charge in [0.25, 0.3) is 0 Å². The van der Waals surface area contributed by atoms with E-state index in [1.807, 2.05) is 82.7 Å². The first-order chi connectivity index (χ1) is 16.5. The monoisotopic (exact) mass is 519 g/mol. The van der Waals surface area contributed by atoms with E-state index in [2.05, 4.69) is 10.1 Å².